The van der Waals surface area contributed by atoms with Crippen molar-refractivity contribution in [1.29, 1.82) is 5.26 Å². The fraction of sp³-hybridized carbons (Fsp3) is 0.429. The molecule has 1 fully saturated rings. The van der Waals surface area contributed by atoms with Crippen molar-refractivity contribution in [3.05, 3.63) is 46.0 Å². The molecule has 0 N–H and O–H groups in total. The average Bonchev–Trinajstić information content (AvgIpc) is 2.57. The molecule has 0 amide bonds. The Bertz CT molecular complexity index is 924. The molecule has 0 aromatic heterocycles. The van der Waals surface area contributed by atoms with Crippen molar-refractivity contribution in [2.75, 3.05) is 0 Å². The molecule has 0 aromatic rings. The van der Waals surface area contributed by atoms with E-state index in [0.717, 1.165) is 12.0 Å². The maximum atomic E-state index is 12.7. The summed E-state index contributed by atoms with van der Waals surface area (Å²) in [6.07, 6.45) is 10.3. The number of hydrogen-bond donors (Lipinski definition) is 0. The highest BCUT2D eigenvalue weighted by molar-refractivity contribution is 6.10. The molecule has 0 saturated heterocycles. The molecule has 4 nitrogen and oxygen atoms in total. The minimum Gasteiger partial charge on any atom is -0.307 e. The zero-order chi connectivity index (χ0) is 18.6. The molecule has 1 saturated carbocycles. The van der Waals surface area contributed by atoms with Gasteiger partial charge in [-0.05, 0) is 30.4 Å². The van der Waals surface area contributed by atoms with Gasteiger partial charge in [-0.1, -0.05) is 32.8 Å². The minimum atomic E-state index is -0.687. The number of fused-ring (bicyclic) bond motifs is 3. The van der Waals surface area contributed by atoms with Gasteiger partial charge in [-0.3, -0.25) is 4.79 Å². The molecule has 0 spiro atoms. The van der Waals surface area contributed by atoms with Crippen LogP contribution in [0.4, 0.5) is 0 Å². The number of allylic oxidation sites excluding steroid dienone is 6. The van der Waals surface area contributed by atoms with Gasteiger partial charge in [-0.15, -0.1) is 6.42 Å². The number of Topliss-reactive ketones (excluding diaryl/α,β-unsaturated/α-hetero) is 1. The summed E-state index contributed by atoms with van der Waals surface area (Å²) in [5.41, 5.74) is 0.153. The fourth-order valence-electron chi connectivity index (χ4n) is 4.94. The Balaban J connectivity index is 2.25. The van der Waals surface area contributed by atoms with Crippen LogP contribution in [-0.2, 0) is 9.59 Å². The van der Waals surface area contributed by atoms with Crippen LogP contribution >= 0.6 is 0 Å². The summed E-state index contributed by atoms with van der Waals surface area (Å²) >= 11 is 0. The Morgan fingerprint density at radius 1 is 1.32 bits per heavy atom. The lowest BCUT2D eigenvalue weighted by Crippen LogP contribution is -2.51. The quantitative estimate of drug-likeness (QED) is 0.505. The summed E-state index contributed by atoms with van der Waals surface area (Å²) in [6.45, 7) is 13.1. The third kappa shape index (κ3) is 2.06. The molecule has 0 aromatic carbocycles. The molecule has 124 valence electrons. The molecule has 0 bridgehead atoms. The molecule has 0 aliphatic heterocycles. The predicted octanol–water partition coefficient (Wildman–Crippen LogP) is 3.39. The summed E-state index contributed by atoms with van der Waals surface area (Å²) in [7, 11) is 0. The zero-order valence-electron chi connectivity index (χ0n) is 14.5. The largest absolute Gasteiger partial charge is 0.307 e. The second-order valence-electron chi connectivity index (χ2n) is 7.67. The highest BCUT2D eigenvalue weighted by Crippen LogP contribution is 2.60. The van der Waals surface area contributed by atoms with Crippen LogP contribution in [0.5, 0.6) is 0 Å². The molecule has 3 rings (SSSR count). The Labute approximate surface area is 147 Å². The first-order valence-corrected chi connectivity index (χ1v) is 8.24. The zero-order valence-corrected chi connectivity index (χ0v) is 14.5. The molecular weight excluding hydrogens is 312 g/mol. The van der Waals surface area contributed by atoms with Crippen molar-refractivity contribution in [3.63, 3.8) is 0 Å². The fourth-order valence-corrected chi connectivity index (χ4v) is 4.94. The van der Waals surface area contributed by atoms with Gasteiger partial charge in [0, 0.05) is 22.3 Å². The van der Waals surface area contributed by atoms with E-state index in [0.29, 0.717) is 12.0 Å². The van der Waals surface area contributed by atoms with Crippen LogP contribution in [0, 0.1) is 52.9 Å². The summed E-state index contributed by atoms with van der Waals surface area (Å²) in [5.74, 6) is 1.84. The predicted molar refractivity (Wildman–Crippen MR) is 92.4 cm³/mol. The van der Waals surface area contributed by atoms with E-state index in [4.69, 9.17) is 13.0 Å². The van der Waals surface area contributed by atoms with Gasteiger partial charge in [0.05, 0.1) is 6.57 Å². The van der Waals surface area contributed by atoms with E-state index >= 15 is 0 Å². The first kappa shape index (κ1) is 16.9. The number of terminal acetylenes is 1. The number of carbonyl (C=O) groups is 2. The number of nitrogens with zero attached hydrogens (tertiary/aromatic N) is 2. The summed E-state index contributed by atoms with van der Waals surface area (Å²) in [4.78, 5) is 28.5. The van der Waals surface area contributed by atoms with E-state index in [9.17, 15) is 14.9 Å². The third-order valence-corrected chi connectivity index (χ3v) is 6.13. The molecule has 0 radical (unpaired) electrons. The van der Waals surface area contributed by atoms with Crippen LogP contribution in [0.15, 0.2) is 34.6 Å². The van der Waals surface area contributed by atoms with Gasteiger partial charge in [-0.25, -0.2) is 4.85 Å². The van der Waals surface area contributed by atoms with E-state index in [2.05, 4.69) is 10.8 Å². The average molecular weight is 330 g/mol. The Morgan fingerprint density at radius 2 is 2.00 bits per heavy atom. The number of nitriles is 1. The molecular formula is C21H18N2O2. The number of rotatable bonds is 0. The topological polar surface area (TPSA) is 62.3 Å². The molecule has 0 heterocycles. The van der Waals surface area contributed by atoms with E-state index in [-0.39, 0.29) is 34.7 Å². The second-order valence-corrected chi connectivity index (χ2v) is 7.67. The Kier molecular flexibility index (Phi) is 3.59. The Morgan fingerprint density at radius 3 is 2.56 bits per heavy atom. The lowest BCUT2D eigenvalue weighted by Gasteiger charge is -2.54. The van der Waals surface area contributed by atoms with Crippen LogP contribution < -0.4 is 0 Å². The Hall–Kier alpha value is -2.90. The van der Waals surface area contributed by atoms with Gasteiger partial charge in [0.2, 0.25) is 5.70 Å². The number of carbonyl (C=O) groups excluding carboxylic acids is 2. The lowest BCUT2D eigenvalue weighted by molar-refractivity contribution is -0.129. The molecule has 25 heavy (non-hydrogen) atoms. The standard InChI is InChI=1S/C21H18N2O2/c1-6-12-13-7-8-18-20(2,3)19(25)16(23-5)10-21(18,4)15(13)9-17(24)14(12)11-22/h1,9-10,13,18H,7-8H2,2-4H3. The van der Waals surface area contributed by atoms with E-state index in [1.165, 1.54) is 6.08 Å². The monoisotopic (exact) mass is 330 g/mol. The maximum Gasteiger partial charge on any atom is 0.226 e. The molecule has 3 unspecified atom stereocenters. The normalized spacial score (nSPS) is 33.1. The van der Waals surface area contributed by atoms with Crippen LogP contribution in [0.2, 0.25) is 0 Å². The molecule has 3 aliphatic rings. The third-order valence-electron chi connectivity index (χ3n) is 6.13. The van der Waals surface area contributed by atoms with Gasteiger partial charge >= 0.3 is 0 Å². The van der Waals surface area contributed by atoms with Crippen molar-refractivity contribution >= 4 is 11.6 Å². The van der Waals surface area contributed by atoms with Gasteiger partial charge in [0.25, 0.3) is 0 Å². The minimum absolute atomic E-state index is 0.0176. The maximum absolute atomic E-state index is 12.7. The molecule has 4 heteroatoms. The summed E-state index contributed by atoms with van der Waals surface area (Å²) < 4.78 is 0. The summed E-state index contributed by atoms with van der Waals surface area (Å²) in [5, 5.41) is 9.30. The first-order chi connectivity index (χ1) is 11.7. The highest BCUT2D eigenvalue weighted by Gasteiger charge is 2.56. The van der Waals surface area contributed by atoms with Crippen molar-refractivity contribution in [2.24, 2.45) is 22.7 Å². The van der Waals surface area contributed by atoms with E-state index in [1.54, 1.807) is 6.08 Å². The molecule has 3 aliphatic carbocycles. The smallest absolute Gasteiger partial charge is 0.226 e. The highest BCUT2D eigenvalue weighted by atomic mass is 16.1. The van der Waals surface area contributed by atoms with Crippen LogP contribution in [0.25, 0.3) is 4.85 Å². The van der Waals surface area contributed by atoms with Gasteiger partial charge in [0.1, 0.15) is 11.6 Å². The van der Waals surface area contributed by atoms with Crippen molar-refractivity contribution < 1.29 is 9.59 Å². The second kappa shape index (κ2) is 5.30. The first-order valence-electron chi connectivity index (χ1n) is 8.24. The lowest BCUT2D eigenvalue weighted by atomic mass is 9.48. The summed E-state index contributed by atoms with van der Waals surface area (Å²) in [6, 6.07) is 1.94. The van der Waals surface area contributed by atoms with Crippen LogP contribution in [0.3, 0.4) is 0 Å². The number of ketones is 2. The SMILES string of the molecule is [C-]#[N+]C1=CC2(C)C3=CC(=O)C(C#N)=C(C#C)C3CCC2C(C)(C)C1=O. The van der Waals surface area contributed by atoms with Crippen molar-refractivity contribution in [2.45, 2.75) is 33.6 Å². The number of hydrogen-bond acceptors (Lipinski definition) is 3. The van der Waals surface area contributed by atoms with Gasteiger partial charge in [-0.2, -0.15) is 5.26 Å². The van der Waals surface area contributed by atoms with E-state index < -0.39 is 10.8 Å². The van der Waals surface area contributed by atoms with E-state index in [1.807, 2.05) is 26.8 Å². The van der Waals surface area contributed by atoms with Crippen LogP contribution in [0.1, 0.15) is 33.6 Å². The molecule has 3 atom stereocenters. The van der Waals surface area contributed by atoms with Crippen molar-refractivity contribution in [1.82, 2.24) is 0 Å². The van der Waals surface area contributed by atoms with Crippen molar-refractivity contribution in [3.8, 4) is 18.4 Å². The van der Waals surface area contributed by atoms with Gasteiger partial charge < -0.3 is 4.79 Å². The van der Waals surface area contributed by atoms with Gasteiger partial charge in [0.15, 0.2) is 11.6 Å². The van der Waals surface area contributed by atoms with Crippen LogP contribution in [-0.4, -0.2) is 11.6 Å².